The summed E-state index contributed by atoms with van der Waals surface area (Å²) >= 11 is 49.2. The lowest BCUT2D eigenvalue weighted by Gasteiger charge is -2.20. The highest BCUT2D eigenvalue weighted by Gasteiger charge is 2.27. The van der Waals surface area contributed by atoms with Crippen LogP contribution >= 0.6 is 92.8 Å². The van der Waals surface area contributed by atoms with E-state index in [4.69, 9.17) is 92.8 Å². The highest BCUT2D eigenvalue weighted by atomic mass is 35.5. The molecule has 0 aliphatic carbocycles. The van der Waals surface area contributed by atoms with Gasteiger partial charge in [-0.3, -0.25) is 28.8 Å². The van der Waals surface area contributed by atoms with Crippen molar-refractivity contribution in [3.63, 3.8) is 0 Å². The molecular formula is C44H34Cl8N8O6. The summed E-state index contributed by atoms with van der Waals surface area (Å²) in [5.41, 5.74) is 2.40. The lowest BCUT2D eigenvalue weighted by Crippen LogP contribution is -2.33. The predicted octanol–water partition coefficient (Wildman–Crippen LogP) is 13.9. The zero-order valence-electron chi connectivity index (χ0n) is 34.8. The maximum Gasteiger partial charge on any atom is 0.258 e. The van der Waals surface area contributed by atoms with Crippen LogP contribution in [0.3, 0.4) is 0 Å². The minimum Gasteiger partial charge on any atom is -0.323 e. The van der Waals surface area contributed by atoms with Gasteiger partial charge >= 0.3 is 0 Å². The molecule has 5 aromatic rings. The maximum atomic E-state index is 13.6. The van der Waals surface area contributed by atoms with Crippen LogP contribution in [-0.4, -0.2) is 47.3 Å². The molecule has 0 aliphatic rings. The van der Waals surface area contributed by atoms with E-state index in [2.05, 4.69) is 41.7 Å². The van der Waals surface area contributed by atoms with Crippen LogP contribution in [0.4, 0.5) is 34.1 Å². The molecule has 0 fully saturated rings. The molecule has 0 bridgehead atoms. The highest BCUT2D eigenvalue weighted by Crippen LogP contribution is 2.36. The molecule has 4 amide bonds. The summed E-state index contributed by atoms with van der Waals surface area (Å²) in [7, 11) is 0. The normalized spacial score (nSPS) is 12.2. The molecule has 0 spiro atoms. The third kappa shape index (κ3) is 12.8. The van der Waals surface area contributed by atoms with E-state index in [1.54, 1.807) is 0 Å². The molecule has 342 valence electrons. The Morgan fingerprint density at radius 2 is 0.788 bits per heavy atom. The molecule has 14 nitrogen and oxygen atoms in total. The second-order valence-corrected chi connectivity index (χ2v) is 17.3. The van der Waals surface area contributed by atoms with Gasteiger partial charge in [-0.2, -0.15) is 20.5 Å². The number of ketones is 2. The first-order valence-corrected chi connectivity index (χ1v) is 22.3. The van der Waals surface area contributed by atoms with E-state index in [1.165, 1.54) is 72.8 Å². The van der Waals surface area contributed by atoms with Gasteiger partial charge in [-0.1, -0.05) is 107 Å². The number of azo groups is 2. The van der Waals surface area contributed by atoms with E-state index in [9.17, 15) is 28.8 Å². The van der Waals surface area contributed by atoms with Crippen molar-refractivity contribution in [3.8, 4) is 0 Å². The van der Waals surface area contributed by atoms with Crippen molar-refractivity contribution in [3.05, 3.63) is 135 Å². The molecule has 5 rings (SSSR count). The summed E-state index contributed by atoms with van der Waals surface area (Å²) in [5, 5.41) is 28.0. The summed E-state index contributed by atoms with van der Waals surface area (Å²) < 4.78 is 0. The smallest absolute Gasteiger partial charge is 0.258 e. The van der Waals surface area contributed by atoms with Gasteiger partial charge in [0.1, 0.15) is 11.4 Å². The number of nitrogens with one attached hydrogen (secondary N) is 4. The van der Waals surface area contributed by atoms with Crippen molar-refractivity contribution in [1.82, 2.24) is 0 Å². The monoisotopic (exact) mass is 1050 g/mol. The first-order chi connectivity index (χ1) is 31.2. The summed E-state index contributed by atoms with van der Waals surface area (Å²) in [4.78, 5) is 78.9. The lowest BCUT2D eigenvalue weighted by molar-refractivity contribution is -0.127. The molecule has 4 N–H and O–H groups in total. The Kier molecular flexibility index (Phi) is 18.1. The van der Waals surface area contributed by atoms with E-state index < -0.39 is 47.3 Å². The molecule has 22 heteroatoms. The van der Waals surface area contributed by atoms with Crippen LogP contribution in [0, 0.1) is 0 Å². The maximum absolute atomic E-state index is 13.6. The van der Waals surface area contributed by atoms with Gasteiger partial charge in [0.2, 0.25) is 12.1 Å². The van der Waals surface area contributed by atoms with Gasteiger partial charge in [0, 0.05) is 22.5 Å². The zero-order valence-corrected chi connectivity index (χ0v) is 40.8. The zero-order chi connectivity index (χ0) is 48.6. The van der Waals surface area contributed by atoms with Crippen LogP contribution in [0.25, 0.3) is 0 Å². The van der Waals surface area contributed by atoms with E-state index in [1.807, 2.05) is 13.8 Å². The number of benzene rings is 5. The Balaban J connectivity index is 1.32. The Morgan fingerprint density at radius 1 is 0.439 bits per heavy atom. The molecule has 0 saturated heterocycles. The quantitative estimate of drug-likeness (QED) is 0.0430. The van der Waals surface area contributed by atoms with Crippen LogP contribution in [0.1, 0.15) is 59.5 Å². The molecule has 2 unspecified atom stereocenters. The van der Waals surface area contributed by atoms with E-state index in [-0.39, 0.29) is 74.1 Å². The van der Waals surface area contributed by atoms with Gasteiger partial charge in [-0.15, -0.1) is 0 Å². The number of nitrogens with zero attached hydrogens (tertiary/aromatic N) is 4. The van der Waals surface area contributed by atoms with Crippen molar-refractivity contribution < 1.29 is 28.8 Å². The number of anilines is 4. The van der Waals surface area contributed by atoms with Gasteiger partial charge in [-0.25, -0.2) is 0 Å². The van der Waals surface area contributed by atoms with Crippen molar-refractivity contribution in [2.75, 3.05) is 21.3 Å². The number of Topliss-reactive ketones (excluding diaryl/α,β-unsaturated/α-hetero) is 2. The van der Waals surface area contributed by atoms with Gasteiger partial charge in [-0.05, 0) is 111 Å². The Bertz CT molecular complexity index is 2670. The second-order valence-electron chi connectivity index (χ2n) is 14.0. The molecule has 0 saturated carbocycles. The van der Waals surface area contributed by atoms with Gasteiger partial charge in [0.05, 0.1) is 51.6 Å². The van der Waals surface area contributed by atoms with Crippen molar-refractivity contribution in [2.45, 2.75) is 52.6 Å². The number of rotatable bonds is 16. The summed E-state index contributed by atoms with van der Waals surface area (Å²) in [6.07, 6.45) is 0.727. The van der Waals surface area contributed by atoms with E-state index >= 15 is 0 Å². The third-order valence-electron chi connectivity index (χ3n) is 9.42. The standard InChI is InChI=1S/C44H34Cl8N8O6/c1-5-23-24(6-2)34(54-44(66)40(20(4)62)60-58-38-14-22(8-10-26(38)46)42(64)56-36-18-30(50)28(48)16-32(36)52)12-11-33(23)53-43(65)39(19(3)61)59-57-37-13-21(7-9-25(37)45)41(63)55-35-17-29(49)27(47)15-31(35)51/h7-18,39-40H,5-6H2,1-4H3,(H,53,65)(H,54,66)(H,55,63)(H,56,64). The van der Waals surface area contributed by atoms with Gasteiger partial charge in [0.15, 0.2) is 11.6 Å². The molecule has 0 heterocycles. The molecule has 0 aliphatic heterocycles. The fraction of sp³-hybridized carbons (Fsp3) is 0.182. The molecule has 5 aromatic carbocycles. The first-order valence-electron chi connectivity index (χ1n) is 19.3. The first kappa shape index (κ1) is 51.8. The minimum absolute atomic E-state index is 0.0132. The Labute approximate surface area is 417 Å². The topological polar surface area (TPSA) is 200 Å². The van der Waals surface area contributed by atoms with Crippen LogP contribution in [-0.2, 0) is 32.0 Å². The summed E-state index contributed by atoms with van der Waals surface area (Å²) in [6, 6.07) is 13.5. The van der Waals surface area contributed by atoms with E-state index in [0.717, 1.165) is 13.8 Å². The van der Waals surface area contributed by atoms with E-state index in [0.29, 0.717) is 35.3 Å². The number of amides is 4. The number of carbonyl (C=O) groups is 6. The molecule has 0 radical (unpaired) electrons. The molecule has 66 heavy (non-hydrogen) atoms. The number of hydrogen-bond acceptors (Lipinski definition) is 10. The lowest BCUT2D eigenvalue weighted by atomic mass is 9.98. The number of halogens is 8. The number of carbonyl (C=O) groups excluding carboxylic acids is 6. The van der Waals surface area contributed by atoms with Crippen LogP contribution < -0.4 is 21.3 Å². The minimum atomic E-state index is -1.63. The highest BCUT2D eigenvalue weighted by molar-refractivity contribution is 6.45. The summed E-state index contributed by atoms with van der Waals surface area (Å²) in [5.74, 6) is -4.16. The average molecular weight is 1050 g/mol. The average Bonchev–Trinajstić information content (AvgIpc) is 3.25. The van der Waals surface area contributed by atoms with Gasteiger partial charge < -0.3 is 21.3 Å². The van der Waals surface area contributed by atoms with Crippen LogP contribution in [0.15, 0.2) is 93.3 Å². The predicted molar refractivity (Wildman–Crippen MR) is 262 cm³/mol. The number of hydrogen-bond donors (Lipinski definition) is 4. The third-order valence-corrected chi connectivity index (χ3v) is 12.1. The largest absolute Gasteiger partial charge is 0.323 e. The van der Waals surface area contributed by atoms with Crippen LogP contribution in [0.2, 0.25) is 40.2 Å². The summed E-state index contributed by atoms with van der Waals surface area (Å²) in [6.45, 7) is 5.96. The fourth-order valence-corrected chi connectivity index (χ4v) is 7.60. The second kappa shape index (κ2) is 23.0. The molecule has 0 aromatic heterocycles. The van der Waals surface area contributed by atoms with Crippen molar-refractivity contribution >= 4 is 162 Å². The fourth-order valence-electron chi connectivity index (χ4n) is 6.10. The molecular weight excluding hydrogens is 1020 g/mol. The van der Waals surface area contributed by atoms with Crippen LogP contribution in [0.5, 0.6) is 0 Å². The SMILES string of the molecule is CCc1c(NC(=O)C(N=Nc2cc(C(=O)Nc3cc(Cl)c(Cl)cc3Cl)ccc2Cl)C(C)=O)ccc(NC(=O)C(N=Nc2cc(C(=O)Nc3cc(Cl)c(Cl)cc3Cl)ccc2Cl)C(C)=O)c1CC. The Morgan fingerprint density at radius 3 is 1.12 bits per heavy atom. The molecule has 2 atom stereocenters. The van der Waals surface area contributed by atoms with Crippen molar-refractivity contribution in [1.29, 1.82) is 0 Å². The van der Waals surface area contributed by atoms with Crippen molar-refractivity contribution in [2.24, 2.45) is 20.5 Å². The Hall–Kier alpha value is -5.16. The van der Waals surface area contributed by atoms with Gasteiger partial charge in [0.25, 0.3) is 23.6 Å².